The van der Waals surface area contributed by atoms with Crippen LogP contribution in [0.2, 0.25) is 5.02 Å². The molecule has 21 heavy (non-hydrogen) atoms. The zero-order chi connectivity index (χ0) is 15.3. The van der Waals surface area contributed by atoms with E-state index in [4.69, 9.17) is 16.7 Å². The Balaban J connectivity index is 2.18. The van der Waals surface area contributed by atoms with Gasteiger partial charge in [-0.2, -0.15) is 0 Å². The predicted molar refractivity (Wildman–Crippen MR) is 81.9 cm³/mol. The summed E-state index contributed by atoms with van der Waals surface area (Å²) in [5, 5.41) is 9.01. The highest BCUT2D eigenvalue weighted by Crippen LogP contribution is 2.21. The third kappa shape index (κ3) is 4.17. The van der Waals surface area contributed by atoms with Gasteiger partial charge >= 0.3 is 0 Å². The van der Waals surface area contributed by atoms with E-state index < -0.39 is 10.0 Å². The van der Waals surface area contributed by atoms with Gasteiger partial charge in [0.15, 0.2) is 5.82 Å². The molecule has 0 radical (unpaired) electrons. The van der Waals surface area contributed by atoms with Gasteiger partial charge in [-0.25, -0.2) is 13.4 Å². The summed E-state index contributed by atoms with van der Waals surface area (Å²) in [6, 6.07) is 9.67. The first kappa shape index (κ1) is 15.8. The Bertz CT molecular complexity index is 702. The molecule has 0 aliphatic heterocycles. The molecule has 0 aliphatic carbocycles. The number of hydrogen-bond acceptors (Lipinski definition) is 4. The Morgan fingerprint density at radius 1 is 1.19 bits per heavy atom. The zero-order valence-corrected chi connectivity index (χ0v) is 12.7. The fourth-order valence-electron chi connectivity index (χ4n) is 1.77. The lowest BCUT2D eigenvalue weighted by molar-refractivity contribution is 0.288. The zero-order valence-electron chi connectivity index (χ0n) is 11.2. The summed E-state index contributed by atoms with van der Waals surface area (Å²) in [6.07, 6.45) is 2.81. The maximum atomic E-state index is 12.2. The van der Waals surface area contributed by atoms with Crippen molar-refractivity contribution in [2.45, 2.75) is 17.7 Å². The van der Waals surface area contributed by atoms with Crippen molar-refractivity contribution in [3.63, 3.8) is 0 Å². The number of aromatic nitrogens is 1. The number of aliphatic hydroxyl groups excluding tert-OH is 1. The number of aryl methyl sites for hydroxylation is 1. The molecule has 0 unspecified atom stereocenters. The number of aliphatic hydroxyl groups is 1. The largest absolute Gasteiger partial charge is 0.396 e. The van der Waals surface area contributed by atoms with Crippen LogP contribution in [0, 0.1) is 0 Å². The van der Waals surface area contributed by atoms with Gasteiger partial charge in [-0.1, -0.05) is 23.7 Å². The minimum absolute atomic E-state index is 0.100. The number of nitrogens with zero attached hydrogens (tertiary/aromatic N) is 1. The molecule has 112 valence electrons. The Morgan fingerprint density at radius 2 is 1.90 bits per heavy atom. The quantitative estimate of drug-likeness (QED) is 0.854. The highest BCUT2D eigenvalue weighted by atomic mass is 35.5. The SMILES string of the molecule is O=S(=O)(Nc1ncccc1Cl)c1ccc(CCCO)cc1. The lowest BCUT2D eigenvalue weighted by atomic mass is 10.1. The summed E-state index contributed by atoms with van der Waals surface area (Å²) >= 11 is 5.89. The number of sulfonamides is 1. The highest BCUT2D eigenvalue weighted by Gasteiger charge is 2.16. The van der Waals surface area contributed by atoms with E-state index in [1.165, 1.54) is 18.3 Å². The van der Waals surface area contributed by atoms with E-state index in [0.29, 0.717) is 12.8 Å². The minimum Gasteiger partial charge on any atom is -0.396 e. The average Bonchev–Trinajstić information content (AvgIpc) is 2.48. The molecule has 1 aromatic heterocycles. The molecule has 0 amide bonds. The number of hydrogen-bond donors (Lipinski definition) is 2. The molecule has 0 spiro atoms. The van der Waals surface area contributed by atoms with Crippen molar-refractivity contribution in [3.8, 4) is 0 Å². The summed E-state index contributed by atoms with van der Waals surface area (Å²) in [4.78, 5) is 4.03. The van der Waals surface area contributed by atoms with Crippen LogP contribution in [0.1, 0.15) is 12.0 Å². The molecule has 0 fully saturated rings. The number of halogens is 1. The molecule has 2 rings (SSSR count). The molecule has 2 aromatic rings. The highest BCUT2D eigenvalue weighted by molar-refractivity contribution is 7.92. The van der Waals surface area contributed by atoms with Crippen molar-refractivity contribution >= 4 is 27.4 Å². The summed E-state index contributed by atoms with van der Waals surface area (Å²) in [5.41, 5.74) is 0.971. The second-order valence-corrected chi connectivity index (χ2v) is 6.50. The maximum absolute atomic E-state index is 12.2. The molecule has 2 N–H and O–H groups in total. The third-order valence-electron chi connectivity index (χ3n) is 2.85. The van der Waals surface area contributed by atoms with Crippen LogP contribution in [0.3, 0.4) is 0 Å². The summed E-state index contributed by atoms with van der Waals surface area (Å²) in [6.45, 7) is 0.111. The topological polar surface area (TPSA) is 79.3 Å². The van der Waals surface area contributed by atoms with Crippen molar-refractivity contribution in [1.29, 1.82) is 0 Å². The smallest absolute Gasteiger partial charge is 0.263 e. The van der Waals surface area contributed by atoms with Crippen LogP contribution in [-0.4, -0.2) is 25.1 Å². The van der Waals surface area contributed by atoms with Gasteiger partial charge < -0.3 is 5.11 Å². The van der Waals surface area contributed by atoms with E-state index in [1.807, 2.05) is 0 Å². The van der Waals surface area contributed by atoms with E-state index in [0.717, 1.165) is 5.56 Å². The molecule has 1 heterocycles. The standard InChI is InChI=1S/C14H15ClN2O3S/c15-13-4-1-9-16-14(13)17-21(19,20)12-7-5-11(6-8-12)3-2-10-18/h1,4-9,18H,2-3,10H2,(H,16,17). The molecule has 0 saturated carbocycles. The molecule has 0 aliphatic rings. The first-order valence-corrected chi connectivity index (χ1v) is 8.22. The predicted octanol–water partition coefficient (Wildman–Crippen LogP) is 2.46. The van der Waals surface area contributed by atoms with Crippen LogP contribution in [0.25, 0.3) is 0 Å². The average molecular weight is 327 g/mol. The Hall–Kier alpha value is -1.63. The van der Waals surface area contributed by atoms with Crippen LogP contribution in [0.4, 0.5) is 5.82 Å². The molecule has 1 aromatic carbocycles. The number of nitrogens with one attached hydrogen (secondary N) is 1. The van der Waals surface area contributed by atoms with Gasteiger partial charge in [0.25, 0.3) is 10.0 Å². The number of pyridine rings is 1. The fraction of sp³-hybridized carbons (Fsp3) is 0.214. The van der Waals surface area contributed by atoms with Gasteiger partial charge in [-0.05, 0) is 42.7 Å². The van der Waals surface area contributed by atoms with Crippen molar-refractivity contribution < 1.29 is 13.5 Å². The minimum atomic E-state index is -3.72. The van der Waals surface area contributed by atoms with Crippen LogP contribution < -0.4 is 4.72 Å². The normalized spacial score (nSPS) is 11.3. The molecule has 0 saturated heterocycles. The second kappa shape index (κ2) is 6.89. The van der Waals surface area contributed by atoms with Crippen molar-refractivity contribution in [3.05, 3.63) is 53.2 Å². The van der Waals surface area contributed by atoms with Gasteiger partial charge in [-0.15, -0.1) is 0 Å². The lowest BCUT2D eigenvalue weighted by Crippen LogP contribution is -2.14. The third-order valence-corrected chi connectivity index (χ3v) is 4.51. The van der Waals surface area contributed by atoms with Gasteiger partial charge in [-0.3, -0.25) is 4.72 Å². The van der Waals surface area contributed by atoms with Crippen LogP contribution >= 0.6 is 11.6 Å². The fourth-order valence-corrected chi connectivity index (χ4v) is 3.02. The van der Waals surface area contributed by atoms with Gasteiger partial charge in [0.2, 0.25) is 0 Å². The Morgan fingerprint density at radius 3 is 2.52 bits per heavy atom. The van der Waals surface area contributed by atoms with E-state index in [9.17, 15) is 8.42 Å². The Labute approximate surface area is 128 Å². The molecule has 5 nitrogen and oxygen atoms in total. The first-order valence-electron chi connectivity index (χ1n) is 6.36. The monoisotopic (exact) mass is 326 g/mol. The summed E-state index contributed by atoms with van der Waals surface area (Å²) < 4.78 is 26.8. The van der Waals surface area contributed by atoms with E-state index in [2.05, 4.69) is 9.71 Å². The van der Waals surface area contributed by atoms with Gasteiger partial charge in [0.1, 0.15) is 0 Å². The van der Waals surface area contributed by atoms with Crippen LogP contribution in [-0.2, 0) is 16.4 Å². The molecular weight excluding hydrogens is 312 g/mol. The molecular formula is C14H15ClN2O3S. The molecule has 7 heteroatoms. The maximum Gasteiger partial charge on any atom is 0.263 e. The van der Waals surface area contributed by atoms with E-state index in [-0.39, 0.29) is 22.3 Å². The number of benzene rings is 1. The van der Waals surface area contributed by atoms with Crippen LogP contribution in [0.5, 0.6) is 0 Å². The van der Waals surface area contributed by atoms with Gasteiger partial charge in [0.05, 0.1) is 9.92 Å². The second-order valence-electron chi connectivity index (χ2n) is 4.41. The summed E-state index contributed by atoms with van der Waals surface area (Å²) in [7, 11) is -3.72. The van der Waals surface area contributed by atoms with Crippen molar-refractivity contribution in [1.82, 2.24) is 4.98 Å². The van der Waals surface area contributed by atoms with Crippen molar-refractivity contribution in [2.24, 2.45) is 0 Å². The Kier molecular flexibility index (Phi) is 5.17. The number of rotatable bonds is 6. The first-order chi connectivity index (χ1) is 10.0. The summed E-state index contributed by atoms with van der Waals surface area (Å²) in [5.74, 6) is 0.100. The van der Waals surface area contributed by atoms with Crippen molar-refractivity contribution in [2.75, 3.05) is 11.3 Å². The molecule has 0 bridgehead atoms. The lowest BCUT2D eigenvalue weighted by Gasteiger charge is -2.09. The van der Waals surface area contributed by atoms with Crippen LogP contribution in [0.15, 0.2) is 47.5 Å². The molecule has 0 atom stereocenters. The van der Waals surface area contributed by atoms with E-state index in [1.54, 1.807) is 24.3 Å². The number of anilines is 1. The van der Waals surface area contributed by atoms with E-state index >= 15 is 0 Å². The van der Waals surface area contributed by atoms with Gasteiger partial charge in [0, 0.05) is 12.8 Å².